The minimum atomic E-state index is -0.342. The molecule has 22 heavy (non-hydrogen) atoms. The fourth-order valence-corrected chi connectivity index (χ4v) is 2.53. The van der Waals surface area contributed by atoms with Gasteiger partial charge in [-0.05, 0) is 26.0 Å². The summed E-state index contributed by atoms with van der Waals surface area (Å²) >= 11 is 0. The zero-order chi connectivity index (χ0) is 16.3. The lowest BCUT2D eigenvalue weighted by molar-refractivity contribution is -0.126. The summed E-state index contributed by atoms with van der Waals surface area (Å²) in [5, 5.41) is 2.85. The predicted octanol–water partition coefficient (Wildman–Crippen LogP) is 1.58. The highest BCUT2D eigenvalue weighted by Crippen LogP contribution is 2.36. The van der Waals surface area contributed by atoms with Crippen LogP contribution >= 0.6 is 0 Å². The van der Waals surface area contributed by atoms with Crippen LogP contribution in [-0.4, -0.2) is 38.6 Å². The van der Waals surface area contributed by atoms with E-state index in [0.29, 0.717) is 23.7 Å². The number of amides is 2. The molecule has 1 aliphatic heterocycles. The van der Waals surface area contributed by atoms with Crippen molar-refractivity contribution in [2.75, 3.05) is 25.7 Å². The number of carbonyl (C=O) groups is 2. The first kappa shape index (κ1) is 16.1. The van der Waals surface area contributed by atoms with E-state index in [1.165, 1.54) is 0 Å². The van der Waals surface area contributed by atoms with Crippen LogP contribution < -0.4 is 19.7 Å². The number of hydrogen-bond acceptors (Lipinski definition) is 4. The van der Waals surface area contributed by atoms with Gasteiger partial charge in [-0.15, -0.1) is 0 Å². The second kappa shape index (κ2) is 6.68. The largest absolute Gasteiger partial charge is 0.497 e. The summed E-state index contributed by atoms with van der Waals surface area (Å²) < 4.78 is 10.5. The number of anilines is 1. The van der Waals surface area contributed by atoms with Crippen molar-refractivity contribution in [1.29, 1.82) is 0 Å². The first-order chi connectivity index (χ1) is 10.5. The molecule has 120 valence electrons. The number of carbonyl (C=O) groups excluding carboxylic acids is 2. The number of nitrogens with zero attached hydrogens (tertiary/aromatic N) is 1. The molecule has 1 heterocycles. The molecule has 6 heteroatoms. The summed E-state index contributed by atoms with van der Waals surface area (Å²) in [7, 11) is 3.12. The summed E-state index contributed by atoms with van der Waals surface area (Å²) in [5.41, 5.74) is 0.631. The van der Waals surface area contributed by atoms with Crippen molar-refractivity contribution in [2.45, 2.75) is 26.3 Å². The normalized spacial score (nSPS) is 17.8. The summed E-state index contributed by atoms with van der Waals surface area (Å²) in [6, 6.07) is 5.33. The topological polar surface area (TPSA) is 67.9 Å². The molecule has 2 amide bonds. The Kier molecular flexibility index (Phi) is 4.90. The van der Waals surface area contributed by atoms with E-state index in [0.717, 1.165) is 0 Å². The summed E-state index contributed by atoms with van der Waals surface area (Å²) in [6.07, 6.45) is 0.207. The Bertz CT molecular complexity index is 571. The van der Waals surface area contributed by atoms with Gasteiger partial charge in [0.25, 0.3) is 0 Å². The molecule has 1 fully saturated rings. The quantitative estimate of drug-likeness (QED) is 0.897. The fourth-order valence-electron chi connectivity index (χ4n) is 2.53. The van der Waals surface area contributed by atoms with Gasteiger partial charge in [-0.1, -0.05) is 0 Å². The number of methoxy groups -OCH3 is 2. The third kappa shape index (κ3) is 3.32. The van der Waals surface area contributed by atoms with Crippen LogP contribution in [0.2, 0.25) is 0 Å². The third-order valence-electron chi connectivity index (χ3n) is 3.60. The maximum absolute atomic E-state index is 12.3. The highest BCUT2D eigenvalue weighted by atomic mass is 16.5. The Balaban J connectivity index is 2.23. The van der Waals surface area contributed by atoms with Gasteiger partial charge >= 0.3 is 0 Å². The van der Waals surface area contributed by atoms with Gasteiger partial charge in [0.05, 0.1) is 25.8 Å². The molecule has 6 nitrogen and oxygen atoms in total. The van der Waals surface area contributed by atoms with Crippen molar-refractivity contribution in [3.63, 3.8) is 0 Å². The second-order valence-electron chi connectivity index (χ2n) is 5.61. The monoisotopic (exact) mass is 306 g/mol. The van der Waals surface area contributed by atoms with Gasteiger partial charge in [0.1, 0.15) is 11.5 Å². The summed E-state index contributed by atoms with van der Waals surface area (Å²) in [4.78, 5) is 26.0. The number of benzene rings is 1. The fraction of sp³-hybridized carbons (Fsp3) is 0.500. The Morgan fingerprint density at radius 1 is 1.32 bits per heavy atom. The standard InChI is InChI=1S/C16H22N2O4/c1-10(2)17-16(20)11-7-15(19)18(9-11)13-8-12(21-3)5-6-14(13)22-4/h5-6,8,10-11H,7,9H2,1-4H3,(H,17,20)/t11-/m0/s1. The van der Waals surface area contributed by atoms with Gasteiger partial charge in [0, 0.05) is 25.1 Å². The number of rotatable bonds is 5. The van der Waals surface area contributed by atoms with E-state index in [1.54, 1.807) is 37.3 Å². The number of hydrogen-bond donors (Lipinski definition) is 1. The molecule has 0 unspecified atom stereocenters. The third-order valence-corrected chi connectivity index (χ3v) is 3.60. The summed E-state index contributed by atoms with van der Waals surface area (Å²) in [6.45, 7) is 4.15. The molecule has 1 N–H and O–H groups in total. The molecule has 0 spiro atoms. The van der Waals surface area contributed by atoms with E-state index < -0.39 is 0 Å². The lowest BCUT2D eigenvalue weighted by Crippen LogP contribution is -2.37. The number of ether oxygens (including phenoxy) is 2. The minimum Gasteiger partial charge on any atom is -0.497 e. The van der Waals surface area contributed by atoms with E-state index in [1.807, 2.05) is 13.8 Å². The van der Waals surface area contributed by atoms with E-state index in [2.05, 4.69) is 5.32 Å². The first-order valence-corrected chi connectivity index (χ1v) is 7.29. The SMILES string of the molecule is COc1ccc(OC)c(N2C[C@@H](C(=O)NC(C)C)CC2=O)c1. The lowest BCUT2D eigenvalue weighted by atomic mass is 10.1. The van der Waals surface area contributed by atoms with Crippen molar-refractivity contribution >= 4 is 17.5 Å². The molecule has 1 saturated heterocycles. The maximum Gasteiger partial charge on any atom is 0.227 e. The Morgan fingerprint density at radius 3 is 2.64 bits per heavy atom. The van der Waals surface area contributed by atoms with Gasteiger partial charge in [-0.2, -0.15) is 0 Å². The molecule has 0 bridgehead atoms. The molecule has 0 radical (unpaired) electrons. The minimum absolute atomic E-state index is 0.0583. The molecule has 2 rings (SSSR count). The summed E-state index contributed by atoms with van der Waals surface area (Å²) in [5.74, 6) is 0.701. The van der Waals surface area contributed by atoms with Crippen LogP contribution in [0.25, 0.3) is 0 Å². The first-order valence-electron chi connectivity index (χ1n) is 7.29. The van der Waals surface area contributed by atoms with E-state index >= 15 is 0 Å². The smallest absolute Gasteiger partial charge is 0.227 e. The van der Waals surface area contributed by atoms with Crippen LogP contribution in [0.15, 0.2) is 18.2 Å². The van der Waals surface area contributed by atoms with Gasteiger partial charge in [0.15, 0.2) is 0 Å². The van der Waals surface area contributed by atoms with Crippen molar-refractivity contribution in [1.82, 2.24) is 5.32 Å². The average molecular weight is 306 g/mol. The highest BCUT2D eigenvalue weighted by molar-refractivity contribution is 6.01. The molecule has 1 aromatic carbocycles. The van der Waals surface area contributed by atoms with Crippen LogP contribution in [0.5, 0.6) is 11.5 Å². The van der Waals surface area contributed by atoms with Crippen molar-refractivity contribution in [3.05, 3.63) is 18.2 Å². The van der Waals surface area contributed by atoms with Gasteiger partial charge in [-0.25, -0.2) is 0 Å². The Hall–Kier alpha value is -2.24. The molecule has 0 saturated carbocycles. The van der Waals surface area contributed by atoms with Crippen LogP contribution in [0, 0.1) is 5.92 Å². The Morgan fingerprint density at radius 2 is 2.05 bits per heavy atom. The number of nitrogens with one attached hydrogen (secondary N) is 1. The highest BCUT2D eigenvalue weighted by Gasteiger charge is 2.36. The molecular formula is C16H22N2O4. The van der Waals surface area contributed by atoms with Crippen LogP contribution in [0.4, 0.5) is 5.69 Å². The van der Waals surface area contributed by atoms with E-state index in [-0.39, 0.29) is 30.2 Å². The van der Waals surface area contributed by atoms with Gasteiger partial charge < -0.3 is 19.7 Å². The van der Waals surface area contributed by atoms with E-state index in [4.69, 9.17) is 9.47 Å². The molecular weight excluding hydrogens is 284 g/mol. The van der Waals surface area contributed by atoms with Gasteiger partial charge in [0.2, 0.25) is 11.8 Å². The van der Waals surface area contributed by atoms with Crippen LogP contribution in [0.1, 0.15) is 20.3 Å². The average Bonchev–Trinajstić information content (AvgIpc) is 2.88. The second-order valence-corrected chi connectivity index (χ2v) is 5.61. The van der Waals surface area contributed by atoms with Crippen molar-refractivity contribution in [3.8, 4) is 11.5 Å². The zero-order valence-corrected chi connectivity index (χ0v) is 13.4. The van der Waals surface area contributed by atoms with Gasteiger partial charge in [-0.3, -0.25) is 9.59 Å². The molecule has 1 aromatic rings. The van der Waals surface area contributed by atoms with Crippen LogP contribution in [-0.2, 0) is 9.59 Å². The predicted molar refractivity (Wildman–Crippen MR) is 83.3 cm³/mol. The van der Waals surface area contributed by atoms with E-state index in [9.17, 15) is 9.59 Å². The molecule has 0 aromatic heterocycles. The van der Waals surface area contributed by atoms with Crippen molar-refractivity contribution in [2.24, 2.45) is 5.92 Å². The van der Waals surface area contributed by atoms with Crippen molar-refractivity contribution < 1.29 is 19.1 Å². The molecule has 0 aliphatic carbocycles. The molecule has 1 aliphatic rings. The lowest BCUT2D eigenvalue weighted by Gasteiger charge is -2.20. The Labute approximate surface area is 130 Å². The maximum atomic E-state index is 12.3. The molecule has 1 atom stereocenters. The zero-order valence-electron chi connectivity index (χ0n) is 13.4. The van der Waals surface area contributed by atoms with Crippen LogP contribution in [0.3, 0.4) is 0 Å².